The maximum atomic E-state index is 12.1. The van der Waals surface area contributed by atoms with Crippen molar-refractivity contribution in [3.05, 3.63) is 41.7 Å². The Hall–Kier alpha value is -2.34. The lowest BCUT2D eigenvalue weighted by atomic mass is 9.99. The van der Waals surface area contributed by atoms with Crippen molar-refractivity contribution in [2.75, 3.05) is 29.9 Å². The largest absolute Gasteiger partial charge is 0.482 e. The fourth-order valence-electron chi connectivity index (χ4n) is 2.71. The summed E-state index contributed by atoms with van der Waals surface area (Å²) in [5, 5.41) is 3.21. The molecule has 1 aliphatic rings. The summed E-state index contributed by atoms with van der Waals surface area (Å²) >= 11 is 6.00. The van der Waals surface area contributed by atoms with Gasteiger partial charge in [0.1, 0.15) is 23.7 Å². The maximum Gasteiger partial charge on any atom is 0.263 e. The molecule has 6 nitrogen and oxygen atoms in total. The highest BCUT2D eigenvalue weighted by molar-refractivity contribution is 6.32. The first kappa shape index (κ1) is 17.5. The molecule has 0 radical (unpaired) electrons. The lowest BCUT2D eigenvalue weighted by Crippen LogP contribution is -2.33. The molecule has 0 aliphatic carbocycles. The number of rotatable bonds is 5. The molecule has 0 spiro atoms. The predicted molar refractivity (Wildman–Crippen MR) is 98.2 cm³/mol. The molecule has 0 unspecified atom stereocenters. The number of hydrogen-bond acceptors (Lipinski definition) is 5. The minimum Gasteiger partial charge on any atom is -0.482 e. The van der Waals surface area contributed by atoms with Crippen LogP contribution >= 0.6 is 11.6 Å². The molecule has 1 N–H and O–H groups in total. The van der Waals surface area contributed by atoms with Gasteiger partial charge in [-0.15, -0.1) is 0 Å². The summed E-state index contributed by atoms with van der Waals surface area (Å²) in [4.78, 5) is 22.7. The Morgan fingerprint density at radius 2 is 2.08 bits per heavy atom. The van der Waals surface area contributed by atoms with E-state index < -0.39 is 0 Å². The van der Waals surface area contributed by atoms with E-state index in [0.717, 1.165) is 37.7 Å². The number of carbonyl (C=O) groups is 1. The average molecular weight is 361 g/mol. The van der Waals surface area contributed by atoms with Gasteiger partial charge in [-0.2, -0.15) is 0 Å². The van der Waals surface area contributed by atoms with Crippen LogP contribution in [0.15, 0.2) is 36.7 Å². The Morgan fingerprint density at radius 3 is 2.84 bits per heavy atom. The van der Waals surface area contributed by atoms with Gasteiger partial charge in [0.2, 0.25) is 0 Å². The number of ether oxygens (including phenoxy) is 1. The number of anilines is 2. The van der Waals surface area contributed by atoms with Crippen LogP contribution in [0.3, 0.4) is 0 Å². The number of carbonyl (C=O) groups excluding carboxylic acids is 1. The first-order valence-corrected chi connectivity index (χ1v) is 8.74. The zero-order valence-electron chi connectivity index (χ0n) is 14.1. The average Bonchev–Trinajstić information content (AvgIpc) is 2.62. The van der Waals surface area contributed by atoms with Crippen LogP contribution < -0.4 is 15.0 Å². The summed E-state index contributed by atoms with van der Waals surface area (Å²) in [6.07, 6.45) is 3.77. The summed E-state index contributed by atoms with van der Waals surface area (Å²) < 4.78 is 5.43. The van der Waals surface area contributed by atoms with Crippen LogP contribution in [0.1, 0.15) is 19.8 Å². The number of amides is 1. The number of nitrogens with zero attached hydrogens (tertiary/aromatic N) is 3. The molecule has 1 aromatic carbocycles. The van der Waals surface area contributed by atoms with E-state index in [4.69, 9.17) is 16.3 Å². The third kappa shape index (κ3) is 4.82. The molecule has 3 rings (SSSR count). The standard InChI is InChI=1S/C18H21ClN4O2/c1-13-6-8-23(9-7-13)17-10-16(20-12-21-17)22-18(24)11-25-15-5-3-2-4-14(15)19/h2-5,10,12-13H,6-9,11H2,1H3,(H,20,21,22,24). The van der Waals surface area contributed by atoms with Gasteiger partial charge in [-0.3, -0.25) is 4.79 Å². The van der Waals surface area contributed by atoms with Crippen LogP contribution in [0, 0.1) is 5.92 Å². The summed E-state index contributed by atoms with van der Waals surface area (Å²) in [6, 6.07) is 8.83. The molecule has 0 atom stereocenters. The Labute approximate surface area is 152 Å². The van der Waals surface area contributed by atoms with Crippen LogP contribution in [0.4, 0.5) is 11.6 Å². The fourth-order valence-corrected chi connectivity index (χ4v) is 2.90. The van der Waals surface area contributed by atoms with Crippen molar-refractivity contribution >= 4 is 29.1 Å². The number of piperidine rings is 1. The van der Waals surface area contributed by atoms with E-state index in [1.807, 2.05) is 0 Å². The summed E-state index contributed by atoms with van der Waals surface area (Å²) in [7, 11) is 0. The summed E-state index contributed by atoms with van der Waals surface area (Å²) in [5.74, 6) is 2.24. The number of benzene rings is 1. The Morgan fingerprint density at radius 1 is 1.32 bits per heavy atom. The van der Waals surface area contributed by atoms with E-state index in [1.165, 1.54) is 6.33 Å². The zero-order chi connectivity index (χ0) is 17.6. The van der Waals surface area contributed by atoms with E-state index in [-0.39, 0.29) is 12.5 Å². The topological polar surface area (TPSA) is 67.4 Å². The molecular formula is C18H21ClN4O2. The molecule has 1 saturated heterocycles. The van der Waals surface area contributed by atoms with E-state index in [0.29, 0.717) is 16.6 Å². The van der Waals surface area contributed by atoms with Gasteiger partial charge in [-0.05, 0) is 30.9 Å². The lowest BCUT2D eigenvalue weighted by molar-refractivity contribution is -0.118. The van der Waals surface area contributed by atoms with Crippen molar-refractivity contribution in [3.8, 4) is 5.75 Å². The second kappa shape index (κ2) is 8.16. The first-order chi connectivity index (χ1) is 12.1. The molecular weight excluding hydrogens is 340 g/mol. The smallest absolute Gasteiger partial charge is 0.263 e. The van der Waals surface area contributed by atoms with Crippen molar-refractivity contribution in [3.63, 3.8) is 0 Å². The van der Waals surface area contributed by atoms with Gasteiger partial charge in [0.25, 0.3) is 5.91 Å². The summed E-state index contributed by atoms with van der Waals surface area (Å²) in [6.45, 7) is 4.08. The molecule has 1 aromatic heterocycles. The quantitative estimate of drug-likeness (QED) is 0.885. The second-order valence-electron chi connectivity index (χ2n) is 6.20. The number of para-hydroxylation sites is 1. The molecule has 2 heterocycles. The highest BCUT2D eigenvalue weighted by Gasteiger charge is 2.17. The Bertz CT molecular complexity index is 733. The molecule has 1 fully saturated rings. The van der Waals surface area contributed by atoms with Crippen molar-refractivity contribution in [1.82, 2.24) is 9.97 Å². The molecule has 0 saturated carbocycles. The van der Waals surface area contributed by atoms with Crippen LogP contribution in [-0.2, 0) is 4.79 Å². The fraction of sp³-hybridized carbons (Fsp3) is 0.389. The van der Waals surface area contributed by atoms with Gasteiger partial charge in [-0.25, -0.2) is 9.97 Å². The highest BCUT2D eigenvalue weighted by atomic mass is 35.5. The monoisotopic (exact) mass is 360 g/mol. The molecule has 132 valence electrons. The predicted octanol–water partition coefficient (Wildman–Crippen LogP) is 3.38. The second-order valence-corrected chi connectivity index (χ2v) is 6.61. The summed E-state index contributed by atoms with van der Waals surface area (Å²) in [5.41, 5.74) is 0. The van der Waals surface area contributed by atoms with Gasteiger partial charge in [0, 0.05) is 19.2 Å². The lowest BCUT2D eigenvalue weighted by Gasteiger charge is -2.31. The zero-order valence-corrected chi connectivity index (χ0v) is 14.9. The van der Waals surface area contributed by atoms with Crippen molar-refractivity contribution in [2.24, 2.45) is 5.92 Å². The number of hydrogen-bond donors (Lipinski definition) is 1. The Balaban J connectivity index is 1.56. The first-order valence-electron chi connectivity index (χ1n) is 8.36. The van der Waals surface area contributed by atoms with Crippen molar-refractivity contribution in [2.45, 2.75) is 19.8 Å². The number of nitrogens with one attached hydrogen (secondary N) is 1. The molecule has 1 aliphatic heterocycles. The van der Waals surface area contributed by atoms with Gasteiger partial charge in [-0.1, -0.05) is 30.7 Å². The minimum atomic E-state index is -0.295. The third-order valence-corrected chi connectivity index (χ3v) is 4.54. The number of halogens is 1. The SMILES string of the molecule is CC1CCN(c2cc(NC(=O)COc3ccccc3Cl)ncn2)CC1. The van der Waals surface area contributed by atoms with E-state index in [1.54, 1.807) is 30.3 Å². The molecule has 0 bridgehead atoms. The van der Waals surface area contributed by atoms with Gasteiger partial charge >= 0.3 is 0 Å². The van der Waals surface area contributed by atoms with E-state index in [9.17, 15) is 4.79 Å². The van der Waals surface area contributed by atoms with E-state index in [2.05, 4.69) is 27.1 Å². The van der Waals surface area contributed by atoms with Gasteiger partial charge < -0.3 is 15.0 Å². The maximum absolute atomic E-state index is 12.1. The van der Waals surface area contributed by atoms with Crippen LogP contribution in [0.25, 0.3) is 0 Å². The van der Waals surface area contributed by atoms with E-state index >= 15 is 0 Å². The van der Waals surface area contributed by atoms with Gasteiger partial charge in [0.05, 0.1) is 5.02 Å². The van der Waals surface area contributed by atoms with Crippen LogP contribution in [-0.4, -0.2) is 35.6 Å². The molecule has 25 heavy (non-hydrogen) atoms. The van der Waals surface area contributed by atoms with Crippen LogP contribution in [0.5, 0.6) is 5.75 Å². The molecule has 7 heteroatoms. The molecule has 1 amide bonds. The van der Waals surface area contributed by atoms with Crippen molar-refractivity contribution < 1.29 is 9.53 Å². The Kier molecular flexibility index (Phi) is 5.71. The minimum absolute atomic E-state index is 0.135. The normalized spacial score (nSPS) is 15.0. The molecule has 2 aromatic rings. The highest BCUT2D eigenvalue weighted by Crippen LogP contribution is 2.24. The third-order valence-electron chi connectivity index (χ3n) is 4.22. The van der Waals surface area contributed by atoms with Crippen molar-refractivity contribution in [1.29, 1.82) is 0 Å². The number of aromatic nitrogens is 2. The van der Waals surface area contributed by atoms with Crippen LogP contribution in [0.2, 0.25) is 5.02 Å². The van der Waals surface area contributed by atoms with Gasteiger partial charge in [0.15, 0.2) is 6.61 Å².